The summed E-state index contributed by atoms with van der Waals surface area (Å²) < 4.78 is 32.2. The molecular formula is C38H36N4O. The number of aryl methyl sites for hydroxylation is 2. The first-order chi connectivity index (χ1) is 22.0. The van der Waals surface area contributed by atoms with Crippen molar-refractivity contribution in [2.45, 2.75) is 40.0 Å². The topological polar surface area (TPSA) is 33.5 Å². The number of aromatic nitrogens is 2. The zero-order valence-electron chi connectivity index (χ0n) is 27.9. The number of benzene rings is 4. The van der Waals surface area contributed by atoms with Crippen molar-refractivity contribution in [3.8, 4) is 17.3 Å². The summed E-state index contributed by atoms with van der Waals surface area (Å²) in [4.78, 5) is 9.03. The normalized spacial score (nSPS) is 14.7. The molecule has 5 heteroatoms. The van der Waals surface area contributed by atoms with Crippen LogP contribution in [-0.4, -0.2) is 16.2 Å². The van der Waals surface area contributed by atoms with Gasteiger partial charge in [0.15, 0.2) is 0 Å². The Labute approximate surface area is 257 Å². The Balaban J connectivity index is 1.17. The molecule has 1 aliphatic rings. The molecule has 7 rings (SSSR count). The van der Waals surface area contributed by atoms with Crippen LogP contribution in [0.1, 0.15) is 41.6 Å². The van der Waals surface area contributed by atoms with E-state index in [9.17, 15) is 0 Å². The zero-order valence-corrected chi connectivity index (χ0v) is 24.9. The predicted molar refractivity (Wildman–Crippen MR) is 179 cm³/mol. The van der Waals surface area contributed by atoms with Gasteiger partial charge in [-0.3, -0.25) is 4.57 Å². The molecule has 0 spiro atoms. The lowest BCUT2D eigenvalue weighted by atomic mass is 9.86. The summed E-state index contributed by atoms with van der Waals surface area (Å²) in [6.45, 7) is 7.37. The summed E-state index contributed by atoms with van der Waals surface area (Å²) in [5, 5.41) is 2.09. The van der Waals surface area contributed by atoms with Crippen molar-refractivity contribution in [2.24, 2.45) is 0 Å². The summed E-state index contributed by atoms with van der Waals surface area (Å²) in [5.41, 5.74) is 7.00. The minimum atomic E-state index is -2.23. The van der Waals surface area contributed by atoms with Gasteiger partial charge in [0.25, 0.3) is 0 Å². The fraction of sp³-hybridized carbons (Fsp3) is 0.184. The molecule has 0 saturated carbocycles. The van der Waals surface area contributed by atoms with Crippen LogP contribution in [-0.2, 0) is 5.41 Å². The van der Waals surface area contributed by atoms with E-state index in [1.54, 1.807) is 18.3 Å². The van der Waals surface area contributed by atoms with Crippen molar-refractivity contribution in [3.63, 3.8) is 0 Å². The number of para-hydroxylation sites is 1. The fourth-order valence-corrected chi connectivity index (χ4v) is 5.85. The molecule has 214 valence electrons. The fourth-order valence-electron chi connectivity index (χ4n) is 5.85. The Kier molecular flexibility index (Phi) is 5.66. The van der Waals surface area contributed by atoms with Crippen LogP contribution >= 0.6 is 0 Å². The smallest absolute Gasteiger partial charge is 0.137 e. The summed E-state index contributed by atoms with van der Waals surface area (Å²) in [7, 11) is 0. The molecule has 0 unspecified atom stereocenters. The van der Waals surface area contributed by atoms with Crippen LogP contribution < -0.4 is 14.5 Å². The van der Waals surface area contributed by atoms with Gasteiger partial charge in [0.2, 0.25) is 0 Å². The molecule has 1 aliphatic heterocycles. The molecule has 0 N–H and O–H groups in total. The molecule has 0 atom stereocenters. The highest BCUT2D eigenvalue weighted by molar-refractivity contribution is 6.09. The number of hydrogen-bond acceptors (Lipinski definition) is 4. The van der Waals surface area contributed by atoms with Gasteiger partial charge in [-0.15, -0.1) is 0 Å². The molecule has 43 heavy (non-hydrogen) atoms. The van der Waals surface area contributed by atoms with Gasteiger partial charge >= 0.3 is 0 Å². The summed E-state index contributed by atoms with van der Waals surface area (Å²) in [6.07, 6.45) is 5.77. The highest BCUT2D eigenvalue weighted by atomic mass is 16.5. The van der Waals surface area contributed by atoms with Crippen molar-refractivity contribution in [1.29, 1.82) is 0 Å². The van der Waals surface area contributed by atoms with E-state index in [1.807, 2.05) is 53.1 Å². The second-order valence-electron chi connectivity index (χ2n) is 12.2. The molecule has 0 fully saturated rings. The highest BCUT2D eigenvalue weighted by Gasteiger charge is 2.20. The van der Waals surface area contributed by atoms with Crippen molar-refractivity contribution in [3.05, 3.63) is 132 Å². The zero-order chi connectivity index (χ0) is 32.2. The summed E-state index contributed by atoms with van der Waals surface area (Å²) >= 11 is 0. The maximum Gasteiger partial charge on any atom is 0.137 e. The van der Waals surface area contributed by atoms with Gasteiger partial charge in [0.05, 0.1) is 17.7 Å². The average Bonchev–Trinajstić information content (AvgIpc) is 3.64. The van der Waals surface area contributed by atoms with Crippen molar-refractivity contribution >= 4 is 33.2 Å². The Morgan fingerprint density at radius 3 is 2.42 bits per heavy atom. The number of anilines is 2. The lowest BCUT2D eigenvalue weighted by molar-refractivity contribution is 0.483. The van der Waals surface area contributed by atoms with Gasteiger partial charge in [-0.1, -0.05) is 57.2 Å². The lowest BCUT2D eigenvalue weighted by Gasteiger charge is -2.25. The SMILES string of the molecule is [2H]C([2H])([2H])c1ccnc(-n2c3ccccc3c3ccc(Oc4cccc(N5C=CN(c6ccc(C(C)(C)C)cc6C)C5)c4)cc32)c1. The second-order valence-corrected chi connectivity index (χ2v) is 12.2. The van der Waals surface area contributed by atoms with Crippen molar-refractivity contribution in [2.75, 3.05) is 16.5 Å². The van der Waals surface area contributed by atoms with E-state index in [-0.39, 0.29) is 11.0 Å². The molecule has 6 aromatic rings. The van der Waals surface area contributed by atoms with Crippen LogP contribution in [0.15, 0.2) is 116 Å². The Hall–Kier alpha value is -5.03. The van der Waals surface area contributed by atoms with Crippen molar-refractivity contribution in [1.82, 2.24) is 9.55 Å². The molecule has 0 radical (unpaired) electrons. The van der Waals surface area contributed by atoms with E-state index in [2.05, 4.69) is 91.3 Å². The monoisotopic (exact) mass is 567 g/mol. The second kappa shape index (κ2) is 10.4. The molecule has 0 amide bonds. The molecule has 4 aromatic carbocycles. The third-order valence-electron chi connectivity index (χ3n) is 8.11. The minimum Gasteiger partial charge on any atom is -0.457 e. The molecular weight excluding hydrogens is 528 g/mol. The van der Waals surface area contributed by atoms with E-state index in [0.29, 0.717) is 18.2 Å². The van der Waals surface area contributed by atoms with Crippen LogP contribution in [0.5, 0.6) is 11.5 Å². The average molecular weight is 568 g/mol. The third-order valence-corrected chi connectivity index (χ3v) is 8.11. The van der Waals surface area contributed by atoms with Crippen LogP contribution in [0.2, 0.25) is 0 Å². The largest absolute Gasteiger partial charge is 0.457 e. The Bertz CT molecular complexity index is 2120. The van der Waals surface area contributed by atoms with E-state index in [4.69, 9.17) is 8.85 Å². The number of pyridine rings is 1. The van der Waals surface area contributed by atoms with Gasteiger partial charge in [-0.2, -0.15) is 0 Å². The summed E-state index contributed by atoms with van der Waals surface area (Å²) in [6, 6.07) is 32.1. The van der Waals surface area contributed by atoms with E-state index in [0.717, 1.165) is 33.2 Å². The first-order valence-electron chi connectivity index (χ1n) is 16.1. The van der Waals surface area contributed by atoms with E-state index >= 15 is 0 Å². The number of fused-ring (bicyclic) bond motifs is 3. The molecule has 0 bridgehead atoms. The Morgan fingerprint density at radius 1 is 0.767 bits per heavy atom. The molecule has 5 nitrogen and oxygen atoms in total. The van der Waals surface area contributed by atoms with Gasteiger partial charge in [-0.05, 0) is 84.4 Å². The molecule has 0 saturated heterocycles. The standard InChI is InChI=1S/C38H36N4O/c1-26-17-18-39-37(21-26)42-35-12-7-6-11-32(35)33-15-14-31(24-36(33)42)43-30-10-8-9-29(23-30)40-19-20-41(25-40)34-16-13-28(22-27(34)2)38(3,4)5/h6-24H,25H2,1-5H3/i1D3. The van der Waals surface area contributed by atoms with Crippen LogP contribution in [0.3, 0.4) is 0 Å². The van der Waals surface area contributed by atoms with Crippen LogP contribution in [0, 0.1) is 13.8 Å². The first-order valence-corrected chi connectivity index (χ1v) is 14.6. The number of hydrogen-bond donors (Lipinski definition) is 0. The maximum atomic E-state index is 7.92. The number of nitrogens with zero attached hydrogens (tertiary/aromatic N) is 4. The predicted octanol–water partition coefficient (Wildman–Crippen LogP) is 9.64. The van der Waals surface area contributed by atoms with E-state index < -0.39 is 6.85 Å². The third kappa shape index (κ3) is 5.01. The lowest BCUT2D eigenvalue weighted by Crippen LogP contribution is -2.25. The highest BCUT2D eigenvalue weighted by Crippen LogP contribution is 2.36. The van der Waals surface area contributed by atoms with Gasteiger partial charge in [0, 0.05) is 57.0 Å². The number of rotatable bonds is 5. The summed E-state index contributed by atoms with van der Waals surface area (Å²) in [5.74, 6) is 1.95. The molecule has 0 aliphatic carbocycles. The van der Waals surface area contributed by atoms with Gasteiger partial charge in [-0.25, -0.2) is 4.98 Å². The van der Waals surface area contributed by atoms with Gasteiger partial charge < -0.3 is 14.5 Å². The molecule has 3 heterocycles. The first kappa shape index (κ1) is 23.5. The molecule has 2 aromatic heterocycles. The van der Waals surface area contributed by atoms with Crippen LogP contribution in [0.25, 0.3) is 27.6 Å². The van der Waals surface area contributed by atoms with E-state index in [1.165, 1.54) is 16.8 Å². The van der Waals surface area contributed by atoms with Crippen LogP contribution in [0.4, 0.5) is 11.4 Å². The van der Waals surface area contributed by atoms with Crippen molar-refractivity contribution < 1.29 is 8.85 Å². The van der Waals surface area contributed by atoms with Gasteiger partial charge in [0.1, 0.15) is 17.3 Å². The maximum absolute atomic E-state index is 7.92. The number of ether oxygens (including phenoxy) is 1. The Morgan fingerprint density at radius 2 is 1.58 bits per heavy atom. The quantitative estimate of drug-likeness (QED) is 0.208. The minimum absolute atomic E-state index is 0.110.